The minimum atomic E-state index is -3.36. The highest BCUT2D eigenvalue weighted by molar-refractivity contribution is 8.03. The van der Waals surface area contributed by atoms with Gasteiger partial charge in [-0.1, -0.05) is 170 Å². The van der Waals surface area contributed by atoms with Crippen LogP contribution >= 0.6 is 0 Å². The topological polar surface area (TPSA) is 34.5 Å². The molecular weight excluding hydrogens is 897 g/mol. The lowest BCUT2D eigenvalue weighted by atomic mass is 9.70. The van der Waals surface area contributed by atoms with Crippen molar-refractivity contribution in [3.8, 4) is 50.6 Å². The summed E-state index contributed by atoms with van der Waals surface area (Å²) in [6, 6.07) is 92.2. The minimum absolute atomic E-state index is 0.424. The fraction of sp³-hybridized carbons (Fsp3) is 0.0149. The minimum Gasteiger partial charge on any atom is -0.453 e. The molecule has 0 atom stereocenters. The average Bonchev–Trinajstić information content (AvgIpc) is 4.06. The molecule has 4 nitrogen and oxygen atoms in total. The van der Waals surface area contributed by atoms with Gasteiger partial charge in [0, 0.05) is 42.9 Å². The van der Waals surface area contributed by atoms with Crippen LogP contribution in [0.5, 0.6) is 11.5 Å². The van der Waals surface area contributed by atoms with Gasteiger partial charge in [0.15, 0.2) is 11.5 Å². The maximum Gasteiger partial charge on any atom is 0.153 e. The van der Waals surface area contributed by atoms with Crippen LogP contribution in [0, 0.1) is 0 Å². The summed E-state index contributed by atoms with van der Waals surface area (Å²) in [7, 11) is -3.36. The molecule has 5 heteroatoms. The van der Waals surface area contributed by atoms with Gasteiger partial charge in [0.25, 0.3) is 0 Å². The van der Waals surface area contributed by atoms with Crippen LogP contribution in [0.15, 0.2) is 276 Å². The van der Waals surface area contributed by atoms with E-state index in [0.29, 0.717) is 0 Å². The van der Waals surface area contributed by atoms with E-state index >= 15 is 4.21 Å². The van der Waals surface area contributed by atoms with E-state index in [0.717, 1.165) is 76.3 Å². The van der Waals surface area contributed by atoms with Crippen LogP contribution in [0.4, 0.5) is 17.1 Å². The van der Waals surface area contributed by atoms with Crippen molar-refractivity contribution in [1.82, 2.24) is 4.57 Å². The zero-order valence-corrected chi connectivity index (χ0v) is 39.9. The molecule has 2 heterocycles. The number of aromatic nitrogens is 1. The van der Waals surface area contributed by atoms with E-state index in [4.69, 9.17) is 4.74 Å². The Labute approximate surface area is 418 Å². The zero-order chi connectivity index (χ0) is 47.5. The van der Waals surface area contributed by atoms with Gasteiger partial charge < -0.3 is 14.2 Å². The molecule has 0 bridgehead atoms. The largest absolute Gasteiger partial charge is 0.453 e. The molecule has 0 N–H and O–H groups in total. The number of hydrogen-bond acceptors (Lipinski definition) is 3. The van der Waals surface area contributed by atoms with Crippen molar-refractivity contribution in [3.63, 3.8) is 0 Å². The van der Waals surface area contributed by atoms with Crippen LogP contribution in [0.2, 0.25) is 0 Å². The number of ether oxygens (including phenoxy) is 1. The molecule has 0 unspecified atom stereocenters. The van der Waals surface area contributed by atoms with E-state index < -0.39 is 15.3 Å². The summed E-state index contributed by atoms with van der Waals surface area (Å²) in [5.41, 5.74) is 18.3. The first-order chi connectivity index (χ1) is 35.6. The lowest BCUT2D eigenvalue weighted by Crippen LogP contribution is -2.25. The van der Waals surface area contributed by atoms with E-state index in [1.807, 2.05) is 48.5 Å². The highest BCUT2D eigenvalue weighted by Gasteiger charge is 2.52. The van der Waals surface area contributed by atoms with Crippen molar-refractivity contribution >= 4 is 48.8 Å². The quantitative estimate of drug-likeness (QED) is 0.169. The molecule has 12 aromatic rings. The summed E-state index contributed by atoms with van der Waals surface area (Å²) in [5, 5.41) is 2.26. The fourth-order valence-corrected chi connectivity index (χ4v) is 15.1. The van der Waals surface area contributed by atoms with Crippen LogP contribution < -0.4 is 9.64 Å². The second-order valence-electron chi connectivity index (χ2n) is 19.1. The molecule has 2 aliphatic carbocycles. The number of thiol groups is 1. The third-order valence-corrected chi connectivity index (χ3v) is 18.6. The molecule has 1 spiro atoms. The highest BCUT2D eigenvalue weighted by Crippen LogP contribution is 2.64. The molecule has 0 radical (unpaired) electrons. The Morgan fingerprint density at radius 1 is 0.361 bits per heavy atom. The molecule has 3 aliphatic rings. The van der Waals surface area contributed by atoms with E-state index in [-0.39, 0.29) is 0 Å². The third-order valence-electron chi connectivity index (χ3n) is 15.5. The van der Waals surface area contributed by atoms with E-state index in [2.05, 4.69) is 222 Å². The standard InChI is InChI=1S/C67H44N2O2S/c70-72(47-20-5-2-6-21-47,48-38-34-44(35-39-48)50-26-17-30-59-66(50)54-25-9-13-29-58(54)67(59)56-27-11-7-22-51(56)52-23-8-12-28-57(52)67)49-40-36-46(37-41-49)68-60-31-14-10-24-53(60)55-42-63-65(43-62(55)68)71-64-33-16-15-32-61(64)69(63)45-18-3-1-4-19-45/h1-43,72H. The zero-order valence-electron chi connectivity index (χ0n) is 39.0. The third kappa shape index (κ3) is 5.59. The second-order valence-corrected chi connectivity index (χ2v) is 21.8. The summed E-state index contributed by atoms with van der Waals surface area (Å²) in [6.07, 6.45) is 0. The molecule has 340 valence electrons. The van der Waals surface area contributed by atoms with Gasteiger partial charge in [0.2, 0.25) is 0 Å². The Morgan fingerprint density at radius 2 is 0.903 bits per heavy atom. The number of hydrogen-bond donors (Lipinski definition) is 1. The van der Waals surface area contributed by atoms with Crippen molar-refractivity contribution in [1.29, 1.82) is 0 Å². The van der Waals surface area contributed by atoms with Crippen molar-refractivity contribution in [2.75, 3.05) is 4.90 Å². The monoisotopic (exact) mass is 940 g/mol. The second kappa shape index (κ2) is 15.5. The molecule has 1 aromatic heterocycles. The summed E-state index contributed by atoms with van der Waals surface area (Å²) in [5.74, 6) is 1.58. The van der Waals surface area contributed by atoms with Gasteiger partial charge in [0.05, 0.1) is 27.8 Å². The summed E-state index contributed by atoms with van der Waals surface area (Å²) in [6.45, 7) is 0. The average molecular weight is 941 g/mol. The smallest absolute Gasteiger partial charge is 0.153 e. The molecular formula is C67H44N2O2S. The summed E-state index contributed by atoms with van der Waals surface area (Å²) < 4.78 is 25.2. The Bertz CT molecular complexity index is 4170. The summed E-state index contributed by atoms with van der Waals surface area (Å²) >= 11 is 0. The SMILES string of the molecule is O=[SH](c1ccccc1)(c1ccc(-c2cccc3c2-c2ccccc2C32c3ccccc3-c3ccccc32)cc1)c1ccc(-n2c3ccccc3c3cc4c(cc32)Oc2ccccc2N4c2ccccc2)cc1. The van der Waals surface area contributed by atoms with E-state index in [1.165, 1.54) is 50.1 Å². The van der Waals surface area contributed by atoms with Crippen molar-refractivity contribution in [2.24, 2.45) is 0 Å². The Morgan fingerprint density at radius 3 is 1.62 bits per heavy atom. The first-order valence-corrected chi connectivity index (χ1v) is 26.3. The number of para-hydroxylation sites is 4. The van der Waals surface area contributed by atoms with Crippen LogP contribution in [-0.2, 0) is 15.3 Å². The Balaban J connectivity index is 0.843. The first-order valence-electron chi connectivity index (χ1n) is 24.6. The van der Waals surface area contributed by atoms with E-state index in [1.54, 1.807) is 0 Å². The Hall–Kier alpha value is -9.03. The van der Waals surface area contributed by atoms with Gasteiger partial charge in [-0.3, -0.25) is 4.21 Å². The molecule has 11 aromatic carbocycles. The van der Waals surface area contributed by atoms with Crippen LogP contribution in [0.1, 0.15) is 22.3 Å². The van der Waals surface area contributed by atoms with Gasteiger partial charge in [-0.2, -0.15) is 0 Å². The molecule has 0 amide bonds. The van der Waals surface area contributed by atoms with Crippen LogP contribution in [0.25, 0.3) is 60.9 Å². The predicted octanol–water partition coefficient (Wildman–Crippen LogP) is 16.9. The molecule has 15 rings (SSSR count). The van der Waals surface area contributed by atoms with Gasteiger partial charge in [-0.05, 0) is 150 Å². The molecule has 0 saturated heterocycles. The van der Waals surface area contributed by atoms with Crippen LogP contribution in [0.3, 0.4) is 0 Å². The molecule has 0 saturated carbocycles. The number of rotatable bonds is 6. The van der Waals surface area contributed by atoms with Crippen molar-refractivity contribution in [3.05, 3.63) is 283 Å². The van der Waals surface area contributed by atoms with Gasteiger partial charge in [-0.15, -0.1) is 0 Å². The molecule has 0 fully saturated rings. The van der Waals surface area contributed by atoms with E-state index in [9.17, 15) is 0 Å². The van der Waals surface area contributed by atoms with Gasteiger partial charge >= 0.3 is 0 Å². The van der Waals surface area contributed by atoms with Crippen molar-refractivity contribution in [2.45, 2.75) is 20.1 Å². The maximum absolute atomic E-state index is 16.2. The Kier molecular flexibility index (Phi) is 8.78. The fourth-order valence-electron chi connectivity index (χ4n) is 12.5. The number of fused-ring (bicyclic) bond motifs is 15. The number of anilines is 3. The van der Waals surface area contributed by atoms with Gasteiger partial charge in [-0.25, -0.2) is 0 Å². The number of nitrogens with zero attached hydrogens (tertiary/aromatic N) is 2. The molecule has 72 heavy (non-hydrogen) atoms. The lowest BCUT2D eigenvalue weighted by Gasteiger charge is -2.33. The normalized spacial score (nSPS) is 13.8. The van der Waals surface area contributed by atoms with Gasteiger partial charge in [0.1, 0.15) is 0 Å². The maximum atomic E-state index is 16.2. The highest BCUT2D eigenvalue weighted by atomic mass is 32.2. The van der Waals surface area contributed by atoms with Crippen LogP contribution in [-0.4, -0.2) is 8.78 Å². The number of benzene rings is 11. The molecule has 1 aliphatic heterocycles. The first kappa shape index (κ1) is 40.8. The lowest BCUT2D eigenvalue weighted by molar-refractivity contribution is 0.477. The van der Waals surface area contributed by atoms with Crippen molar-refractivity contribution < 1.29 is 8.95 Å². The predicted molar refractivity (Wildman–Crippen MR) is 294 cm³/mol. The summed E-state index contributed by atoms with van der Waals surface area (Å²) in [4.78, 5) is 4.65.